The molecule has 1 aromatic carbocycles. The van der Waals surface area contributed by atoms with Gasteiger partial charge in [-0.3, -0.25) is 4.79 Å². The summed E-state index contributed by atoms with van der Waals surface area (Å²) in [4.78, 5) is 12.2. The summed E-state index contributed by atoms with van der Waals surface area (Å²) in [6, 6.07) is 5.48. The summed E-state index contributed by atoms with van der Waals surface area (Å²) < 4.78 is 5.94. The third kappa shape index (κ3) is 3.16. The molecule has 0 bridgehead atoms. The molecular weight excluding hydrogens is 340 g/mol. The third-order valence-electron chi connectivity index (χ3n) is 7.68. The van der Waals surface area contributed by atoms with Crippen LogP contribution in [0, 0.1) is 17.3 Å². The van der Waals surface area contributed by atoms with Gasteiger partial charge in [0.25, 0.3) is 0 Å². The molecule has 2 N–H and O–H groups in total. The van der Waals surface area contributed by atoms with E-state index in [0.717, 1.165) is 50.5 Å². The number of carbonyl (C=O) groups excluding carboxylic acids is 1. The maximum Gasteiger partial charge on any atom is 0.306 e. The van der Waals surface area contributed by atoms with Gasteiger partial charge in [0.2, 0.25) is 0 Å². The number of phenols is 1. The highest BCUT2D eigenvalue weighted by Gasteiger charge is 2.57. The van der Waals surface area contributed by atoms with Crippen LogP contribution in [0.1, 0.15) is 88.4 Å². The number of aromatic hydroxyl groups is 1. The molecule has 3 aliphatic carbocycles. The van der Waals surface area contributed by atoms with Crippen LogP contribution in [-0.2, 0) is 9.53 Å². The molecule has 0 amide bonds. The minimum Gasteiger partial charge on any atom is -0.508 e. The molecule has 0 spiro atoms. The lowest BCUT2D eigenvalue weighted by Crippen LogP contribution is -2.45. The first-order valence-electron chi connectivity index (χ1n) is 10.6. The average molecular weight is 373 g/mol. The number of rotatable bonds is 4. The van der Waals surface area contributed by atoms with Crippen LogP contribution in [0.15, 0.2) is 18.2 Å². The molecule has 0 radical (unpaired) electrons. The zero-order valence-corrected chi connectivity index (χ0v) is 16.5. The predicted molar refractivity (Wildman–Crippen MR) is 103 cm³/mol. The van der Waals surface area contributed by atoms with Gasteiger partial charge in [-0.05, 0) is 79.5 Å². The summed E-state index contributed by atoms with van der Waals surface area (Å²) in [5.41, 5.74) is 2.14. The van der Waals surface area contributed by atoms with Gasteiger partial charge in [-0.15, -0.1) is 0 Å². The van der Waals surface area contributed by atoms with Crippen molar-refractivity contribution in [3.8, 4) is 5.75 Å². The molecule has 6 atom stereocenters. The van der Waals surface area contributed by atoms with Gasteiger partial charge in [0.05, 0.1) is 6.10 Å². The van der Waals surface area contributed by atoms with Gasteiger partial charge in [0.1, 0.15) is 11.9 Å². The van der Waals surface area contributed by atoms with Crippen molar-refractivity contribution in [3.63, 3.8) is 0 Å². The second-order valence-electron chi connectivity index (χ2n) is 9.15. The number of phenolic OH excluding ortho intramolecular Hbond substituents is 1. The van der Waals surface area contributed by atoms with Gasteiger partial charge in [-0.25, -0.2) is 0 Å². The number of hydrogen-bond donors (Lipinski definition) is 2. The van der Waals surface area contributed by atoms with E-state index in [2.05, 4.69) is 13.8 Å². The van der Waals surface area contributed by atoms with E-state index in [1.165, 1.54) is 5.56 Å². The van der Waals surface area contributed by atoms with Gasteiger partial charge in [0.15, 0.2) is 0 Å². The van der Waals surface area contributed by atoms with Crippen LogP contribution in [0.25, 0.3) is 0 Å². The normalized spacial score (nSPS) is 37.2. The number of carbonyl (C=O) groups is 1. The number of fused-ring (bicyclic) bond motifs is 5. The monoisotopic (exact) mass is 372 g/mol. The van der Waals surface area contributed by atoms with Crippen LogP contribution in [0.4, 0.5) is 0 Å². The molecule has 0 aromatic heterocycles. The van der Waals surface area contributed by atoms with Crippen LogP contribution in [-0.4, -0.2) is 22.3 Å². The first kappa shape index (κ1) is 18.8. The Kier molecular flexibility index (Phi) is 4.96. The molecule has 4 nitrogen and oxygen atoms in total. The highest BCUT2D eigenvalue weighted by Crippen LogP contribution is 2.62. The Morgan fingerprint density at radius 2 is 2.07 bits per heavy atom. The SMILES string of the molecule is CCCCC(=O)OC1CCC2C3CC(O)c4cc(O)ccc4C3CCC12C. The van der Waals surface area contributed by atoms with E-state index in [4.69, 9.17) is 4.74 Å². The Labute approximate surface area is 161 Å². The van der Waals surface area contributed by atoms with E-state index in [-0.39, 0.29) is 23.2 Å². The first-order chi connectivity index (χ1) is 12.9. The number of ether oxygens (including phenoxy) is 1. The molecule has 4 heteroatoms. The Morgan fingerprint density at radius 1 is 1.26 bits per heavy atom. The average Bonchev–Trinajstić information content (AvgIpc) is 2.97. The third-order valence-corrected chi connectivity index (χ3v) is 7.68. The van der Waals surface area contributed by atoms with Crippen molar-refractivity contribution in [1.82, 2.24) is 0 Å². The van der Waals surface area contributed by atoms with Crippen molar-refractivity contribution in [1.29, 1.82) is 0 Å². The lowest BCUT2D eigenvalue weighted by atomic mass is 9.55. The molecule has 2 saturated carbocycles. The summed E-state index contributed by atoms with van der Waals surface area (Å²) in [5, 5.41) is 20.6. The molecule has 148 valence electrons. The molecule has 1 aromatic rings. The van der Waals surface area contributed by atoms with Crippen LogP contribution in [0.5, 0.6) is 5.75 Å². The zero-order valence-electron chi connectivity index (χ0n) is 16.5. The second kappa shape index (κ2) is 7.12. The van der Waals surface area contributed by atoms with Crippen molar-refractivity contribution in [2.24, 2.45) is 17.3 Å². The maximum atomic E-state index is 12.2. The Morgan fingerprint density at radius 3 is 2.85 bits per heavy atom. The predicted octanol–water partition coefficient (Wildman–Crippen LogP) is 4.84. The van der Waals surface area contributed by atoms with E-state index in [1.807, 2.05) is 6.07 Å². The lowest BCUT2D eigenvalue weighted by Gasteiger charge is -2.51. The fourth-order valence-corrected chi connectivity index (χ4v) is 6.26. The Hall–Kier alpha value is -1.55. The van der Waals surface area contributed by atoms with Crippen molar-refractivity contribution in [2.75, 3.05) is 0 Å². The molecular formula is C23H32O4. The van der Waals surface area contributed by atoms with Gasteiger partial charge < -0.3 is 14.9 Å². The smallest absolute Gasteiger partial charge is 0.306 e. The van der Waals surface area contributed by atoms with E-state index in [0.29, 0.717) is 24.2 Å². The number of aliphatic hydroxyl groups excluding tert-OH is 1. The first-order valence-corrected chi connectivity index (χ1v) is 10.6. The fraction of sp³-hybridized carbons (Fsp3) is 0.696. The van der Waals surface area contributed by atoms with Crippen molar-refractivity contribution in [2.45, 2.75) is 83.3 Å². The summed E-state index contributed by atoms with van der Waals surface area (Å²) in [5.74, 6) is 1.53. The highest BCUT2D eigenvalue weighted by atomic mass is 16.5. The summed E-state index contributed by atoms with van der Waals surface area (Å²) in [6.07, 6.45) is 6.82. The fourth-order valence-electron chi connectivity index (χ4n) is 6.26. The summed E-state index contributed by atoms with van der Waals surface area (Å²) >= 11 is 0. The quantitative estimate of drug-likeness (QED) is 0.742. The molecule has 6 unspecified atom stereocenters. The number of aliphatic hydroxyl groups is 1. The minimum absolute atomic E-state index is 0.0196. The molecule has 3 aliphatic rings. The van der Waals surface area contributed by atoms with E-state index >= 15 is 0 Å². The molecule has 4 rings (SSSR count). The van der Waals surface area contributed by atoms with Crippen molar-refractivity contribution in [3.05, 3.63) is 29.3 Å². The summed E-state index contributed by atoms with van der Waals surface area (Å²) in [7, 11) is 0. The van der Waals surface area contributed by atoms with Crippen molar-refractivity contribution < 1.29 is 19.7 Å². The highest BCUT2D eigenvalue weighted by molar-refractivity contribution is 5.69. The van der Waals surface area contributed by atoms with Gasteiger partial charge >= 0.3 is 5.97 Å². The van der Waals surface area contributed by atoms with Gasteiger partial charge in [-0.1, -0.05) is 26.3 Å². The van der Waals surface area contributed by atoms with Crippen LogP contribution >= 0.6 is 0 Å². The summed E-state index contributed by atoms with van der Waals surface area (Å²) in [6.45, 7) is 4.39. The molecule has 0 saturated heterocycles. The van der Waals surface area contributed by atoms with E-state index in [9.17, 15) is 15.0 Å². The van der Waals surface area contributed by atoms with Crippen LogP contribution < -0.4 is 0 Å². The van der Waals surface area contributed by atoms with Gasteiger partial charge in [0, 0.05) is 11.8 Å². The van der Waals surface area contributed by atoms with E-state index < -0.39 is 6.10 Å². The molecule has 0 heterocycles. The van der Waals surface area contributed by atoms with E-state index in [1.54, 1.807) is 12.1 Å². The largest absolute Gasteiger partial charge is 0.508 e. The maximum absolute atomic E-state index is 12.2. The Balaban J connectivity index is 1.55. The zero-order chi connectivity index (χ0) is 19.2. The topological polar surface area (TPSA) is 66.8 Å². The number of hydrogen-bond acceptors (Lipinski definition) is 4. The number of esters is 1. The van der Waals surface area contributed by atoms with Crippen LogP contribution in [0.2, 0.25) is 0 Å². The minimum atomic E-state index is -0.512. The second-order valence-corrected chi connectivity index (χ2v) is 9.15. The molecule has 2 fully saturated rings. The number of benzene rings is 1. The lowest BCUT2D eigenvalue weighted by molar-refractivity contribution is -0.158. The number of unbranched alkanes of at least 4 members (excludes halogenated alkanes) is 1. The molecule has 0 aliphatic heterocycles. The van der Waals surface area contributed by atoms with Crippen LogP contribution in [0.3, 0.4) is 0 Å². The molecule has 27 heavy (non-hydrogen) atoms. The van der Waals surface area contributed by atoms with Crippen molar-refractivity contribution >= 4 is 5.97 Å². The standard InChI is InChI=1S/C23H32O4/c1-3-4-5-22(26)27-21-9-8-19-17-13-20(25)18-12-14(24)6-7-15(18)16(17)10-11-23(19,21)2/h6-7,12,16-17,19-21,24-25H,3-5,8-11,13H2,1-2H3. The van der Waals surface area contributed by atoms with Gasteiger partial charge in [-0.2, -0.15) is 0 Å². The Bertz CT molecular complexity index is 714.